The lowest BCUT2D eigenvalue weighted by Crippen LogP contribution is -2.56. The van der Waals surface area contributed by atoms with E-state index in [4.69, 9.17) is 27.9 Å². The molecule has 12 heteroatoms. The summed E-state index contributed by atoms with van der Waals surface area (Å²) in [6.07, 6.45) is 0.446. The number of non-ortho nitro benzene ring substituents is 1. The number of carbonyl (C=O) groups is 4. The SMILES string of the molecule is O=C(CN(C(=O)c1ccc(Cl)cc1Cl)N1C(=O)CCCC1=O)c1ccc(Oc2ccc([N+](=O)[O-])cc2)cc1. The average molecular weight is 556 g/mol. The lowest BCUT2D eigenvalue weighted by atomic mass is 10.1. The van der Waals surface area contributed by atoms with E-state index in [1.54, 1.807) is 0 Å². The first-order chi connectivity index (χ1) is 18.1. The molecule has 1 aliphatic heterocycles. The highest BCUT2D eigenvalue weighted by molar-refractivity contribution is 6.36. The molecule has 3 amide bonds. The van der Waals surface area contributed by atoms with Crippen molar-refractivity contribution in [2.75, 3.05) is 6.54 Å². The van der Waals surface area contributed by atoms with Gasteiger partial charge in [-0.1, -0.05) is 23.2 Å². The van der Waals surface area contributed by atoms with Gasteiger partial charge in [0.2, 0.25) is 11.8 Å². The first kappa shape index (κ1) is 26.8. The monoisotopic (exact) mass is 555 g/mol. The van der Waals surface area contributed by atoms with E-state index in [1.165, 1.54) is 66.7 Å². The molecule has 0 radical (unpaired) electrons. The van der Waals surface area contributed by atoms with Crippen molar-refractivity contribution < 1.29 is 28.8 Å². The Morgan fingerprint density at radius 1 is 0.921 bits per heavy atom. The van der Waals surface area contributed by atoms with Crippen LogP contribution in [-0.2, 0) is 9.59 Å². The second-order valence-corrected chi connectivity index (χ2v) is 9.08. The van der Waals surface area contributed by atoms with E-state index in [9.17, 15) is 29.3 Å². The minimum absolute atomic E-state index is 0.00426. The van der Waals surface area contributed by atoms with Crippen molar-refractivity contribution in [2.24, 2.45) is 0 Å². The normalized spacial score (nSPS) is 13.3. The van der Waals surface area contributed by atoms with Gasteiger partial charge in [-0.15, -0.1) is 0 Å². The molecular formula is C26H19Cl2N3O7. The number of nitrogens with zero attached hydrogens (tertiary/aromatic N) is 3. The minimum Gasteiger partial charge on any atom is -0.457 e. The second-order valence-electron chi connectivity index (χ2n) is 8.24. The predicted octanol–water partition coefficient (Wildman–Crippen LogP) is 5.47. The fourth-order valence-corrected chi connectivity index (χ4v) is 4.24. The van der Waals surface area contributed by atoms with Crippen LogP contribution in [-0.4, -0.2) is 45.0 Å². The van der Waals surface area contributed by atoms with Crippen molar-refractivity contribution >= 4 is 52.4 Å². The number of imide groups is 1. The summed E-state index contributed by atoms with van der Waals surface area (Å²) in [6.45, 7) is -0.599. The van der Waals surface area contributed by atoms with Crippen LogP contribution in [0.1, 0.15) is 40.0 Å². The van der Waals surface area contributed by atoms with Crippen LogP contribution in [0, 0.1) is 10.1 Å². The highest BCUT2D eigenvalue weighted by Gasteiger charge is 2.36. The molecule has 0 saturated carbocycles. The van der Waals surface area contributed by atoms with Crippen LogP contribution in [0.4, 0.5) is 5.69 Å². The summed E-state index contributed by atoms with van der Waals surface area (Å²) in [5.41, 5.74) is 0.0859. The van der Waals surface area contributed by atoms with E-state index in [-0.39, 0.29) is 39.7 Å². The van der Waals surface area contributed by atoms with Crippen molar-refractivity contribution in [3.05, 3.63) is 98.0 Å². The summed E-state index contributed by atoms with van der Waals surface area (Å²) in [7, 11) is 0. The maximum atomic E-state index is 13.4. The summed E-state index contributed by atoms with van der Waals surface area (Å²) in [4.78, 5) is 62.0. The minimum atomic E-state index is -0.804. The zero-order valence-corrected chi connectivity index (χ0v) is 21.1. The zero-order valence-electron chi connectivity index (χ0n) is 19.6. The van der Waals surface area contributed by atoms with Crippen molar-refractivity contribution in [2.45, 2.75) is 19.3 Å². The number of halogens is 2. The van der Waals surface area contributed by atoms with Gasteiger partial charge in [0.15, 0.2) is 5.78 Å². The van der Waals surface area contributed by atoms with Gasteiger partial charge in [-0.2, -0.15) is 5.01 Å². The first-order valence-corrected chi connectivity index (χ1v) is 12.1. The Labute approximate surface area is 226 Å². The molecule has 0 spiro atoms. The molecule has 0 unspecified atom stereocenters. The van der Waals surface area contributed by atoms with Crippen molar-refractivity contribution in [1.29, 1.82) is 0 Å². The first-order valence-electron chi connectivity index (χ1n) is 11.3. The lowest BCUT2D eigenvalue weighted by molar-refractivity contribution is -0.384. The van der Waals surface area contributed by atoms with Gasteiger partial charge in [-0.05, 0) is 61.0 Å². The Kier molecular flexibility index (Phi) is 8.04. The summed E-state index contributed by atoms with van der Waals surface area (Å²) in [5, 5.41) is 12.6. The van der Waals surface area contributed by atoms with Crippen LogP contribution in [0.5, 0.6) is 11.5 Å². The molecule has 1 heterocycles. The topological polar surface area (TPSA) is 127 Å². The van der Waals surface area contributed by atoms with Gasteiger partial charge >= 0.3 is 0 Å². The van der Waals surface area contributed by atoms with Gasteiger partial charge in [0.25, 0.3) is 11.6 Å². The number of nitro benzene ring substituents is 1. The number of hydrogen-bond donors (Lipinski definition) is 0. The van der Waals surface area contributed by atoms with Gasteiger partial charge in [0.1, 0.15) is 18.0 Å². The number of rotatable bonds is 8. The number of amides is 3. The van der Waals surface area contributed by atoms with E-state index in [2.05, 4.69) is 0 Å². The summed E-state index contributed by atoms with van der Waals surface area (Å²) in [5.74, 6) is -1.83. The van der Waals surface area contributed by atoms with E-state index in [0.29, 0.717) is 22.9 Å². The molecule has 1 fully saturated rings. The molecule has 3 aromatic carbocycles. The van der Waals surface area contributed by atoms with Crippen molar-refractivity contribution in [3.8, 4) is 11.5 Å². The van der Waals surface area contributed by atoms with Gasteiger partial charge in [-0.3, -0.25) is 29.3 Å². The Morgan fingerprint density at radius 2 is 1.50 bits per heavy atom. The third-order valence-electron chi connectivity index (χ3n) is 5.64. The Bertz CT molecular complexity index is 1410. The predicted molar refractivity (Wildman–Crippen MR) is 137 cm³/mol. The number of hydrazine groups is 1. The number of hydrogen-bond acceptors (Lipinski definition) is 7. The summed E-state index contributed by atoms with van der Waals surface area (Å²) < 4.78 is 5.65. The van der Waals surface area contributed by atoms with Crippen LogP contribution in [0.15, 0.2) is 66.7 Å². The smallest absolute Gasteiger partial charge is 0.274 e. The standard InChI is InChI=1S/C26H19Cl2N3O7/c27-17-6-13-21(22(28)14-17)26(35)29(30-24(33)2-1-3-25(30)34)15-23(32)16-4-9-19(10-5-16)38-20-11-7-18(8-12-20)31(36)37/h4-14H,1-3,15H2. The molecule has 0 atom stereocenters. The molecule has 0 aliphatic carbocycles. The number of carbonyl (C=O) groups excluding carboxylic acids is 4. The molecule has 4 rings (SSSR count). The average Bonchev–Trinajstić information content (AvgIpc) is 2.88. The van der Waals surface area contributed by atoms with Crippen LogP contribution in [0.25, 0.3) is 0 Å². The van der Waals surface area contributed by atoms with Gasteiger partial charge < -0.3 is 4.74 Å². The largest absolute Gasteiger partial charge is 0.457 e. The van der Waals surface area contributed by atoms with Gasteiger partial charge in [-0.25, -0.2) is 5.01 Å². The van der Waals surface area contributed by atoms with Crippen molar-refractivity contribution in [3.63, 3.8) is 0 Å². The fourth-order valence-electron chi connectivity index (χ4n) is 3.75. The molecular weight excluding hydrogens is 537 g/mol. The quantitative estimate of drug-likeness (QED) is 0.156. The number of ketones is 1. The maximum Gasteiger partial charge on any atom is 0.274 e. The van der Waals surface area contributed by atoms with Gasteiger partial charge in [0, 0.05) is 35.6 Å². The molecule has 0 aromatic heterocycles. The lowest BCUT2D eigenvalue weighted by Gasteiger charge is -2.35. The number of ether oxygens (including phenoxy) is 1. The third-order valence-corrected chi connectivity index (χ3v) is 6.19. The summed E-state index contributed by atoms with van der Waals surface area (Å²) >= 11 is 12.1. The van der Waals surface area contributed by atoms with E-state index >= 15 is 0 Å². The van der Waals surface area contributed by atoms with E-state index in [0.717, 1.165) is 5.01 Å². The molecule has 1 saturated heterocycles. The molecule has 194 valence electrons. The number of nitro groups is 1. The van der Waals surface area contributed by atoms with Gasteiger partial charge in [0.05, 0.1) is 15.5 Å². The molecule has 3 aromatic rings. The maximum absolute atomic E-state index is 13.4. The Morgan fingerprint density at radius 3 is 2.05 bits per heavy atom. The number of Topliss-reactive ketones (excluding diaryl/α,β-unsaturated/α-hetero) is 1. The fraction of sp³-hybridized carbons (Fsp3) is 0.154. The van der Waals surface area contributed by atoms with E-state index in [1.807, 2.05) is 0 Å². The highest BCUT2D eigenvalue weighted by Crippen LogP contribution is 2.26. The number of benzene rings is 3. The van der Waals surface area contributed by atoms with Crippen LogP contribution < -0.4 is 4.74 Å². The second kappa shape index (κ2) is 11.4. The molecule has 10 nitrogen and oxygen atoms in total. The number of piperidine rings is 1. The molecule has 0 bridgehead atoms. The van der Waals surface area contributed by atoms with Crippen molar-refractivity contribution in [1.82, 2.24) is 10.0 Å². The van der Waals surface area contributed by atoms with Crippen LogP contribution in [0.3, 0.4) is 0 Å². The Balaban J connectivity index is 1.55. The molecule has 1 aliphatic rings. The summed E-state index contributed by atoms with van der Waals surface area (Å²) in [6, 6.07) is 15.6. The third kappa shape index (κ3) is 5.99. The molecule has 0 N–H and O–H groups in total. The Hall–Kier alpha value is -4.28. The molecule has 38 heavy (non-hydrogen) atoms. The van der Waals surface area contributed by atoms with Crippen LogP contribution in [0.2, 0.25) is 10.0 Å². The zero-order chi connectivity index (χ0) is 27.4. The van der Waals surface area contributed by atoms with Crippen LogP contribution >= 0.6 is 23.2 Å². The highest BCUT2D eigenvalue weighted by atomic mass is 35.5. The van der Waals surface area contributed by atoms with E-state index < -0.39 is 35.0 Å².